The molecule has 0 bridgehead atoms. The van der Waals surface area contributed by atoms with E-state index in [1.807, 2.05) is 0 Å². The highest BCUT2D eigenvalue weighted by atomic mass is 15.3. The van der Waals surface area contributed by atoms with Crippen molar-refractivity contribution in [2.24, 2.45) is 5.41 Å². The molecule has 0 aliphatic carbocycles. The van der Waals surface area contributed by atoms with Crippen LogP contribution in [0.1, 0.15) is 60.3 Å². The minimum atomic E-state index is 0.221. The third kappa shape index (κ3) is 5.22. The van der Waals surface area contributed by atoms with Crippen LogP contribution in [0.2, 0.25) is 0 Å². The fourth-order valence-corrected chi connectivity index (χ4v) is 4.04. The van der Waals surface area contributed by atoms with Crippen molar-refractivity contribution in [2.45, 2.75) is 71.9 Å². The van der Waals surface area contributed by atoms with E-state index in [2.05, 4.69) is 49.7 Å². The van der Waals surface area contributed by atoms with Gasteiger partial charge in [0.1, 0.15) is 0 Å². The maximum atomic E-state index is 3.75. The zero-order valence-corrected chi connectivity index (χ0v) is 15.0. The maximum absolute atomic E-state index is 3.75. The standard InChI is InChI=1S/C18H37N3/c1-6-9-18(5,14-19-17(2,3)4)15-20-11-12-21-10-7-8-16(21)13-20/h16,19H,6-15H2,1-5H3. The Bertz CT molecular complexity index is 323. The second-order valence-electron chi connectivity index (χ2n) is 8.73. The first kappa shape index (κ1) is 17.2. The summed E-state index contributed by atoms with van der Waals surface area (Å²) in [5, 5.41) is 3.75. The Kier molecular flexibility index (Phi) is 5.72. The molecule has 0 aromatic heterocycles. The van der Waals surface area contributed by atoms with E-state index in [1.54, 1.807) is 0 Å². The molecular formula is C18H37N3. The molecule has 2 fully saturated rings. The van der Waals surface area contributed by atoms with Crippen LogP contribution >= 0.6 is 0 Å². The smallest absolute Gasteiger partial charge is 0.0224 e. The number of nitrogens with zero attached hydrogens (tertiary/aromatic N) is 2. The van der Waals surface area contributed by atoms with Crippen molar-refractivity contribution in [3.8, 4) is 0 Å². The number of hydrogen-bond acceptors (Lipinski definition) is 3. The van der Waals surface area contributed by atoms with Crippen LogP contribution in [0.15, 0.2) is 0 Å². The van der Waals surface area contributed by atoms with E-state index in [1.165, 1.54) is 58.4 Å². The van der Waals surface area contributed by atoms with Gasteiger partial charge in [-0.2, -0.15) is 0 Å². The summed E-state index contributed by atoms with van der Waals surface area (Å²) in [4.78, 5) is 5.45. The topological polar surface area (TPSA) is 18.5 Å². The van der Waals surface area contributed by atoms with E-state index in [9.17, 15) is 0 Å². The first-order valence-electron chi connectivity index (χ1n) is 9.03. The molecule has 2 atom stereocenters. The predicted octanol–water partition coefficient (Wildman–Crippen LogP) is 2.96. The van der Waals surface area contributed by atoms with Crippen molar-refractivity contribution >= 4 is 0 Å². The van der Waals surface area contributed by atoms with E-state index in [0.29, 0.717) is 5.41 Å². The van der Waals surface area contributed by atoms with E-state index in [-0.39, 0.29) is 5.54 Å². The van der Waals surface area contributed by atoms with Gasteiger partial charge in [0.05, 0.1) is 0 Å². The van der Waals surface area contributed by atoms with Gasteiger partial charge >= 0.3 is 0 Å². The highest BCUT2D eigenvalue weighted by molar-refractivity contribution is 4.90. The third-order valence-corrected chi connectivity index (χ3v) is 5.18. The Morgan fingerprint density at radius 1 is 1.10 bits per heavy atom. The van der Waals surface area contributed by atoms with Gasteiger partial charge in [0.2, 0.25) is 0 Å². The first-order chi connectivity index (χ1) is 9.81. The van der Waals surface area contributed by atoms with Crippen molar-refractivity contribution in [2.75, 3.05) is 39.3 Å². The number of piperazine rings is 1. The summed E-state index contributed by atoms with van der Waals surface area (Å²) in [7, 11) is 0. The second kappa shape index (κ2) is 6.97. The van der Waals surface area contributed by atoms with E-state index in [4.69, 9.17) is 0 Å². The van der Waals surface area contributed by atoms with Crippen molar-refractivity contribution in [3.63, 3.8) is 0 Å². The molecule has 3 heteroatoms. The summed E-state index contributed by atoms with van der Waals surface area (Å²) in [5.41, 5.74) is 0.627. The SMILES string of the molecule is CCCC(C)(CNC(C)(C)C)CN1CCN2CCCC2C1. The first-order valence-corrected chi connectivity index (χ1v) is 9.03. The third-order valence-electron chi connectivity index (χ3n) is 5.18. The summed E-state index contributed by atoms with van der Waals surface area (Å²) in [5.74, 6) is 0. The summed E-state index contributed by atoms with van der Waals surface area (Å²) >= 11 is 0. The molecule has 2 saturated heterocycles. The van der Waals surface area contributed by atoms with Crippen molar-refractivity contribution in [1.29, 1.82) is 0 Å². The fourth-order valence-electron chi connectivity index (χ4n) is 4.04. The minimum absolute atomic E-state index is 0.221. The van der Waals surface area contributed by atoms with Gasteiger partial charge in [-0.1, -0.05) is 20.3 Å². The van der Waals surface area contributed by atoms with Crippen LogP contribution < -0.4 is 5.32 Å². The molecule has 2 aliphatic rings. The monoisotopic (exact) mass is 295 g/mol. The van der Waals surface area contributed by atoms with Gasteiger partial charge in [0.25, 0.3) is 0 Å². The van der Waals surface area contributed by atoms with Gasteiger partial charge < -0.3 is 5.32 Å². The number of nitrogens with one attached hydrogen (secondary N) is 1. The quantitative estimate of drug-likeness (QED) is 0.813. The molecule has 0 aromatic carbocycles. The van der Waals surface area contributed by atoms with E-state index >= 15 is 0 Å². The average Bonchev–Trinajstić information content (AvgIpc) is 2.83. The molecule has 0 spiro atoms. The van der Waals surface area contributed by atoms with Crippen LogP contribution in [0.4, 0.5) is 0 Å². The maximum Gasteiger partial charge on any atom is 0.0224 e. The van der Waals surface area contributed by atoms with E-state index in [0.717, 1.165) is 12.6 Å². The second-order valence-corrected chi connectivity index (χ2v) is 8.73. The predicted molar refractivity (Wildman–Crippen MR) is 91.8 cm³/mol. The normalized spacial score (nSPS) is 27.6. The largest absolute Gasteiger partial charge is 0.311 e. The van der Waals surface area contributed by atoms with Gasteiger partial charge in [-0.15, -0.1) is 0 Å². The lowest BCUT2D eigenvalue weighted by Crippen LogP contribution is -2.54. The van der Waals surface area contributed by atoms with Gasteiger partial charge in [0.15, 0.2) is 0 Å². The molecule has 1 N–H and O–H groups in total. The zero-order valence-electron chi connectivity index (χ0n) is 15.0. The van der Waals surface area contributed by atoms with Crippen molar-refractivity contribution in [1.82, 2.24) is 15.1 Å². The number of rotatable bonds is 6. The summed E-state index contributed by atoms with van der Waals surface area (Å²) in [6, 6.07) is 0.847. The van der Waals surface area contributed by atoms with Gasteiger partial charge in [-0.25, -0.2) is 0 Å². The van der Waals surface area contributed by atoms with Crippen molar-refractivity contribution < 1.29 is 0 Å². The molecule has 0 aromatic rings. The van der Waals surface area contributed by atoms with Crippen LogP contribution in [0, 0.1) is 5.41 Å². The highest BCUT2D eigenvalue weighted by Crippen LogP contribution is 2.28. The zero-order chi connectivity index (χ0) is 15.5. The molecule has 0 saturated carbocycles. The molecule has 124 valence electrons. The lowest BCUT2D eigenvalue weighted by molar-refractivity contribution is 0.0634. The van der Waals surface area contributed by atoms with Gasteiger partial charge in [0, 0.05) is 44.3 Å². The molecule has 2 heterocycles. The Morgan fingerprint density at radius 3 is 2.52 bits per heavy atom. The van der Waals surface area contributed by atoms with Gasteiger partial charge in [-0.3, -0.25) is 9.80 Å². The Hall–Kier alpha value is -0.120. The summed E-state index contributed by atoms with van der Waals surface area (Å²) in [6.07, 6.45) is 5.43. The molecule has 2 rings (SSSR count). The van der Waals surface area contributed by atoms with Crippen LogP contribution in [0.25, 0.3) is 0 Å². The minimum Gasteiger partial charge on any atom is -0.311 e. The number of fused-ring (bicyclic) bond motifs is 1. The molecule has 2 aliphatic heterocycles. The fraction of sp³-hybridized carbons (Fsp3) is 1.00. The average molecular weight is 296 g/mol. The van der Waals surface area contributed by atoms with Crippen LogP contribution in [0.3, 0.4) is 0 Å². The Morgan fingerprint density at radius 2 is 1.86 bits per heavy atom. The number of hydrogen-bond donors (Lipinski definition) is 1. The molecule has 21 heavy (non-hydrogen) atoms. The lowest BCUT2D eigenvalue weighted by atomic mass is 9.83. The molecule has 2 unspecified atom stereocenters. The summed E-state index contributed by atoms with van der Waals surface area (Å²) < 4.78 is 0. The molecule has 0 amide bonds. The van der Waals surface area contributed by atoms with Gasteiger partial charge in [-0.05, 0) is 52.0 Å². The Balaban J connectivity index is 1.89. The van der Waals surface area contributed by atoms with Crippen molar-refractivity contribution in [3.05, 3.63) is 0 Å². The summed E-state index contributed by atoms with van der Waals surface area (Å²) in [6.45, 7) is 19.2. The van der Waals surface area contributed by atoms with E-state index < -0.39 is 0 Å². The highest BCUT2D eigenvalue weighted by Gasteiger charge is 2.34. The molecular weight excluding hydrogens is 258 g/mol. The Labute approximate surface area is 132 Å². The van der Waals surface area contributed by atoms with Crippen LogP contribution in [-0.4, -0.2) is 60.6 Å². The molecule has 0 radical (unpaired) electrons. The van der Waals surface area contributed by atoms with Crippen LogP contribution in [0.5, 0.6) is 0 Å². The molecule has 3 nitrogen and oxygen atoms in total. The lowest BCUT2D eigenvalue weighted by Gasteiger charge is -2.43. The van der Waals surface area contributed by atoms with Crippen LogP contribution in [-0.2, 0) is 0 Å².